The Morgan fingerprint density at radius 2 is 1.86 bits per heavy atom. The Balaban J connectivity index is 5.01. The molecule has 0 saturated carbocycles. The second-order valence-corrected chi connectivity index (χ2v) is 4.55. The van der Waals surface area contributed by atoms with Crippen molar-refractivity contribution in [2.24, 2.45) is 5.92 Å². The number of hydroxylamine groups is 2. The van der Waals surface area contributed by atoms with Crippen molar-refractivity contribution in [1.29, 1.82) is 5.41 Å². The first-order valence-electron chi connectivity index (χ1n) is 6.40. The van der Waals surface area contributed by atoms with Gasteiger partial charge in [-0.25, -0.2) is 9.59 Å². The lowest BCUT2D eigenvalue weighted by Crippen LogP contribution is -2.48. The lowest BCUT2D eigenvalue weighted by atomic mass is 10.2. The highest BCUT2D eigenvalue weighted by Crippen LogP contribution is 2.06. The van der Waals surface area contributed by atoms with Crippen LogP contribution < -0.4 is 0 Å². The number of aliphatic carboxylic acids is 1. The number of carboxylic acid groups (broad SMARTS) is 1. The standard InChI is InChI=1S/C12H21N3O6/c1-5-6-20-12(19)15(21-10(18)8(2)3)11(13)14(4)7-9(16)17/h8,13H,5-7H2,1-4H3,(H,16,17). The zero-order valence-corrected chi connectivity index (χ0v) is 12.6. The fourth-order valence-electron chi connectivity index (χ4n) is 1.04. The van der Waals surface area contributed by atoms with Gasteiger partial charge >= 0.3 is 18.0 Å². The number of carbonyl (C=O) groups is 3. The van der Waals surface area contributed by atoms with E-state index in [4.69, 9.17) is 20.1 Å². The number of likely N-dealkylation sites (N-methyl/N-ethyl adjacent to an activating group) is 1. The number of guanidine groups is 1. The van der Waals surface area contributed by atoms with Gasteiger partial charge in [0.25, 0.3) is 0 Å². The SMILES string of the molecule is CCCOC(=O)N(OC(=O)C(C)C)C(=N)N(C)CC(=O)O. The van der Waals surface area contributed by atoms with E-state index in [1.54, 1.807) is 20.8 Å². The molecule has 0 radical (unpaired) electrons. The summed E-state index contributed by atoms with van der Waals surface area (Å²) in [5.41, 5.74) is 0. The molecule has 0 aromatic heterocycles. The monoisotopic (exact) mass is 303 g/mol. The average molecular weight is 303 g/mol. The third-order valence-electron chi connectivity index (χ3n) is 2.17. The number of hydrogen-bond acceptors (Lipinski definition) is 6. The molecule has 120 valence electrons. The van der Waals surface area contributed by atoms with Gasteiger partial charge in [0.1, 0.15) is 6.54 Å². The van der Waals surface area contributed by atoms with Crippen molar-refractivity contribution >= 4 is 24.0 Å². The Bertz CT molecular complexity index is 410. The van der Waals surface area contributed by atoms with Crippen LogP contribution in [-0.4, -0.2) is 59.3 Å². The molecule has 0 aliphatic carbocycles. The first-order valence-corrected chi connectivity index (χ1v) is 6.40. The maximum atomic E-state index is 11.8. The summed E-state index contributed by atoms with van der Waals surface area (Å²) in [5, 5.41) is 16.8. The summed E-state index contributed by atoms with van der Waals surface area (Å²) in [5.74, 6) is -3.06. The van der Waals surface area contributed by atoms with Crippen LogP contribution in [0.4, 0.5) is 4.79 Å². The minimum absolute atomic E-state index is 0.0878. The fourth-order valence-corrected chi connectivity index (χ4v) is 1.04. The first kappa shape index (κ1) is 18.7. The van der Waals surface area contributed by atoms with Crippen LogP contribution >= 0.6 is 0 Å². The molecule has 0 unspecified atom stereocenters. The van der Waals surface area contributed by atoms with Gasteiger partial charge < -0.3 is 19.6 Å². The Hall–Kier alpha value is -2.32. The molecule has 0 aliphatic rings. The lowest BCUT2D eigenvalue weighted by Gasteiger charge is -2.26. The van der Waals surface area contributed by atoms with E-state index in [-0.39, 0.29) is 6.61 Å². The molecule has 0 saturated heterocycles. The molecular formula is C12H21N3O6. The van der Waals surface area contributed by atoms with Crippen LogP contribution in [0.2, 0.25) is 0 Å². The number of amides is 1. The quantitative estimate of drug-likeness (QED) is 0.439. The van der Waals surface area contributed by atoms with Crippen molar-refractivity contribution < 1.29 is 29.1 Å². The number of ether oxygens (including phenoxy) is 1. The molecule has 0 rings (SSSR count). The fraction of sp³-hybridized carbons (Fsp3) is 0.667. The number of carboxylic acids is 1. The number of carbonyl (C=O) groups excluding carboxylic acids is 2. The molecule has 0 fully saturated rings. The number of hydrogen-bond donors (Lipinski definition) is 2. The van der Waals surface area contributed by atoms with E-state index >= 15 is 0 Å². The van der Waals surface area contributed by atoms with Crippen LogP contribution in [0.15, 0.2) is 0 Å². The van der Waals surface area contributed by atoms with Gasteiger partial charge in [0.15, 0.2) is 0 Å². The summed E-state index contributed by atoms with van der Waals surface area (Å²) in [6.45, 7) is 4.45. The molecule has 0 atom stereocenters. The molecule has 2 N–H and O–H groups in total. The second kappa shape index (κ2) is 8.77. The molecule has 9 heteroatoms. The third kappa shape index (κ3) is 6.59. The molecule has 0 aromatic rings. The van der Waals surface area contributed by atoms with Crippen molar-refractivity contribution in [3.05, 3.63) is 0 Å². The minimum atomic E-state index is -1.20. The van der Waals surface area contributed by atoms with Gasteiger partial charge in [-0.15, -0.1) is 0 Å². The Morgan fingerprint density at radius 1 is 1.29 bits per heavy atom. The van der Waals surface area contributed by atoms with E-state index in [1.165, 1.54) is 7.05 Å². The normalized spacial score (nSPS) is 9.95. The maximum Gasteiger partial charge on any atom is 0.451 e. The van der Waals surface area contributed by atoms with E-state index in [1.807, 2.05) is 0 Å². The van der Waals surface area contributed by atoms with Gasteiger partial charge in [-0.1, -0.05) is 25.8 Å². The van der Waals surface area contributed by atoms with E-state index < -0.39 is 36.5 Å². The summed E-state index contributed by atoms with van der Waals surface area (Å²) in [6.07, 6.45) is -0.496. The van der Waals surface area contributed by atoms with Crippen molar-refractivity contribution in [2.75, 3.05) is 20.2 Å². The van der Waals surface area contributed by atoms with E-state index in [2.05, 4.69) is 0 Å². The predicted molar refractivity (Wildman–Crippen MR) is 72.4 cm³/mol. The highest BCUT2D eigenvalue weighted by atomic mass is 16.8. The van der Waals surface area contributed by atoms with Crippen molar-refractivity contribution in [1.82, 2.24) is 9.96 Å². The molecule has 0 spiro atoms. The number of rotatable bonds is 5. The van der Waals surface area contributed by atoms with Gasteiger partial charge in [0, 0.05) is 7.05 Å². The summed E-state index contributed by atoms with van der Waals surface area (Å²) in [4.78, 5) is 39.7. The minimum Gasteiger partial charge on any atom is -0.480 e. The smallest absolute Gasteiger partial charge is 0.451 e. The molecule has 9 nitrogen and oxygen atoms in total. The summed E-state index contributed by atoms with van der Waals surface area (Å²) in [6, 6.07) is 0. The van der Waals surface area contributed by atoms with Crippen molar-refractivity contribution in [3.63, 3.8) is 0 Å². The molecule has 0 aromatic carbocycles. The first-order chi connectivity index (χ1) is 9.70. The van der Waals surface area contributed by atoms with E-state index in [0.717, 1.165) is 4.90 Å². The van der Waals surface area contributed by atoms with E-state index in [0.29, 0.717) is 11.5 Å². The molecular weight excluding hydrogens is 282 g/mol. The van der Waals surface area contributed by atoms with Gasteiger partial charge in [-0.05, 0) is 6.42 Å². The van der Waals surface area contributed by atoms with Gasteiger partial charge in [-0.2, -0.15) is 0 Å². The molecule has 0 bridgehead atoms. The molecule has 21 heavy (non-hydrogen) atoms. The van der Waals surface area contributed by atoms with Crippen LogP contribution in [0, 0.1) is 11.3 Å². The van der Waals surface area contributed by atoms with Gasteiger partial charge in [0.05, 0.1) is 12.5 Å². The van der Waals surface area contributed by atoms with Crippen LogP contribution in [0.3, 0.4) is 0 Å². The van der Waals surface area contributed by atoms with Gasteiger partial charge in [0.2, 0.25) is 5.96 Å². The van der Waals surface area contributed by atoms with Gasteiger partial charge in [-0.3, -0.25) is 10.2 Å². The van der Waals surface area contributed by atoms with Crippen molar-refractivity contribution in [3.8, 4) is 0 Å². The second-order valence-electron chi connectivity index (χ2n) is 4.55. The largest absolute Gasteiger partial charge is 0.480 e. The number of nitrogens with zero attached hydrogens (tertiary/aromatic N) is 2. The highest BCUT2D eigenvalue weighted by molar-refractivity contribution is 5.93. The third-order valence-corrected chi connectivity index (χ3v) is 2.17. The Labute approximate surface area is 122 Å². The molecule has 1 amide bonds. The highest BCUT2D eigenvalue weighted by Gasteiger charge is 2.29. The summed E-state index contributed by atoms with van der Waals surface area (Å²) in [7, 11) is 1.28. The topological polar surface area (TPSA) is 120 Å². The average Bonchev–Trinajstić information content (AvgIpc) is 2.39. The van der Waals surface area contributed by atoms with Crippen LogP contribution in [0.5, 0.6) is 0 Å². The summed E-state index contributed by atoms with van der Waals surface area (Å²) >= 11 is 0. The Kier molecular flexibility index (Phi) is 7.80. The van der Waals surface area contributed by atoms with Crippen LogP contribution in [0.25, 0.3) is 0 Å². The van der Waals surface area contributed by atoms with Crippen molar-refractivity contribution in [2.45, 2.75) is 27.2 Å². The predicted octanol–water partition coefficient (Wildman–Crippen LogP) is 0.900. The van der Waals surface area contributed by atoms with Crippen LogP contribution in [-0.2, 0) is 19.2 Å². The molecule has 0 aliphatic heterocycles. The summed E-state index contributed by atoms with van der Waals surface area (Å²) < 4.78 is 4.81. The van der Waals surface area contributed by atoms with Crippen LogP contribution in [0.1, 0.15) is 27.2 Å². The number of nitrogens with one attached hydrogen (secondary N) is 1. The lowest BCUT2D eigenvalue weighted by molar-refractivity contribution is -0.173. The zero-order valence-electron chi connectivity index (χ0n) is 12.6. The molecule has 0 heterocycles. The van der Waals surface area contributed by atoms with E-state index in [9.17, 15) is 14.4 Å². The zero-order chi connectivity index (χ0) is 16.6. The Morgan fingerprint density at radius 3 is 2.29 bits per heavy atom. The maximum absolute atomic E-state index is 11.8.